The third-order valence-electron chi connectivity index (χ3n) is 10.3. The zero-order valence-electron chi connectivity index (χ0n) is 18.6. The lowest BCUT2D eigenvalue weighted by Crippen LogP contribution is -2.56. The quantitative estimate of drug-likeness (QED) is 0.450. The fourth-order valence-corrected chi connectivity index (χ4v) is 8.40. The zero-order valence-corrected chi connectivity index (χ0v) is 18.6. The number of ether oxygens (including phenoxy) is 1. The molecule has 0 aromatic heterocycles. The van der Waals surface area contributed by atoms with E-state index in [4.69, 9.17) is 4.74 Å². The van der Waals surface area contributed by atoms with Gasteiger partial charge in [0.1, 0.15) is 11.9 Å². The first-order valence-corrected chi connectivity index (χ1v) is 11.4. The topological polar surface area (TPSA) is 43.4 Å². The van der Waals surface area contributed by atoms with Gasteiger partial charge in [-0.25, -0.2) is 0 Å². The highest BCUT2D eigenvalue weighted by molar-refractivity contribution is 5.83. The maximum Gasteiger partial charge on any atom is 0.302 e. The third kappa shape index (κ3) is 2.40. The van der Waals surface area contributed by atoms with Crippen LogP contribution in [-0.4, -0.2) is 17.9 Å². The average molecular weight is 387 g/mol. The molecule has 0 heterocycles. The lowest BCUT2D eigenvalue weighted by atomic mass is 9.45. The fraction of sp³-hybridized carbons (Fsp3) is 0.840. The molecule has 0 radical (unpaired) electrons. The van der Waals surface area contributed by atoms with Gasteiger partial charge in [0.15, 0.2) is 0 Å². The minimum Gasteiger partial charge on any atom is -0.462 e. The molecule has 28 heavy (non-hydrogen) atoms. The highest BCUT2D eigenvalue weighted by atomic mass is 16.5. The van der Waals surface area contributed by atoms with Gasteiger partial charge in [0.25, 0.3) is 0 Å². The Kier molecular flexibility index (Phi) is 4.64. The molecule has 3 nitrogen and oxygen atoms in total. The molecule has 3 heteroatoms. The summed E-state index contributed by atoms with van der Waals surface area (Å²) >= 11 is 0. The highest BCUT2D eigenvalue weighted by Crippen LogP contribution is 2.71. The molecule has 0 saturated heterocycles. The van der Waals surface area contributed by atoms with Crippen LogP contribution < -0.4 is 0 Å². The number of hydrogen-bond donors (Lipinski definition) is 0. The number of allylic oxidation sites excluding steroid dienone is 1. The molecule has 0 aliphatic heterocycles. The molecule has 0 spiro atoms. The van der Waals surface area contributed by atoms with E-state index in [0.29, 0.717) is 29.5 Å². The van der Waals surface area contributed by atoms with Gasteiger partial charge in [0, 0.05) is 17.8 Å². The monoisotopic (exact) mass is 386 g/mol. The van der Waals surface area contributed by atoms with Crippen LogP contribution in [0.25, 0.3) is 0 Å². The number of rotatable bonds is 2. The first-order chi connectivity index (χ1) is 13.1. The number of carbonyl (C=O) groups excluding carboxylic acids is 2. The second kappa shape index (κ2) is 6.44. The van der Waals surface area contributed by atoms with E-state index in [1.165, 1.54) is 5.57 Å². The van der Waals surface area contributed by atoms with Gasteiger partial charge in [-0.2, -0.15) is 0 Å². The largest absolute Gasteiger partial charge is 0.462 e. The summed E-state index contributed by atoms with van der Waals surface area (Å²) in [4.78, 5) is 24.6. The van der Waals surface area contributed by atoms with E-state index in [1.54, 1.807) is 6.92 Å². The minimum atomic E-state index is -0.213. The molecule has 0 bridgehead atoms. The molecule has 3 saturated carbocycles. The van der Waals surface area contributed by atoms with Gasteiger partial charge in [0.2, 0.25) is 0 Å². The van der Waals surface area contributed by atoms with Crippen molar-refractivity contribution in [3.05, 3.63) is 11.6 Å². The first-order valence-electron chi connectivity index (χ1n) is 11.4. The van der Waals surface area contributed by atoms with Crippen LogP contribution >= 0.6 is 0 Å². The molecule has 0 N–H and O–H groups in total. The number of carbonyl (C=O) groups is 2. The van der Waals surface area contributed by atoms with Crippen molar-refractivity contribution in [1.29, 1.82) is 0 Å². The fourth-order valence-electron chi connectivity index (χ4n) is 8.40. The maximum absolute atomic E-state index is 12.8. The van der Waals surface area contributed by atoms with E-state index in [-0.39, 0.29) is 28.3 Å². The molecule has 4 aliphatic carbocycles. The molecule has 4 rings (SSSR count). The standard InChI is InChI=1S/C25H38O3/c1-15-14-21-19-11-10-18-8-7-9-22(28-17(3)27)24(18,5)20(19)12-13-23(21,4)25(15,6)16(2)26/h10,15,19-22H,7-9,11-14H2,1-6H3/t15-,19-,20-,21+,22+,23+,24+,25-/m1/s1. The summed E-state index contributed by atoms with van der Waals surface area (Å²) in [6.07, 6.45) is 10.3. The molecule has 0 aromatic carbocycles. The van der Waals surface area contributed by atoms with E-state index >= 15 is 0 Å². The Balaban J connectivity index is 1.73. The van der Waals surface area contributed by atoms with Crippen LogP contribution in [0.2, 0.25) is 0 Å². The molecular weight excluding hydrogens is 348 g/mol. The van der Waals surface area contributed by atoms with E-state index in [9.17, 15) is 9.59 Å². The van der Waals surface area contributed by atoms with Crippen molar-refractivity contribution in [2.45, 2.75) is 92.6 Å². The van der Waals surface area contributed by atoms with Crippen molar-refractivity contribution in [2.24, 2.45) is 39.9 Å². The van der Waals surface area contributed by atoms with E-state index < -0.39 is 0 Å². The van der Waals surface area contributed by atoms with E-state index in [2.05, 4.69) is 33.8 Å². The lowest BCUT2D eigenvalue weighted by molar-refractivity contribution is -0.164. The molecule has 4 aliphatic rings. The highest BCUT2D eigenvalue weighted by Gasteiger charge is 2.67. The van der Waals surface area contributed by atoms with Gasteiger partial charge in [-0.1, -0.05) is 39.3 Å². The molecule has 8 atom stereocenters. The smallest absolute Gasteiger partial charge is 0.302 e. The molecular formula is C25H38O3. The Hall–Kier alpha value is -1.12. The van der Waals surface area contributed by atoms with Crippen LogP contribution in [-0.2, 0) is 14.3 Å². The van der Waals surface area contributed by atoms with Crippen LogP contribution in [0.4, 0.5) is 0 Å². The van der Waals surface area contributed by atoms with Crippen molar-refractivity contribution in [3.8, 4) is 0 Å². The maximum atomic E-state index is 12.8. The number of esters is 1. The molecule has 0 unspecified atom stereocenters. The van der Waals surface area contributed by atoms with Crippen LogP contribution in [0.1, 0.15) is 86.5 Å². The number of Topliss-reactive ketones (excluding diaryl/α,β-unsaturated/α-hetero) is 1. The summed E-state index contributed by atoms with van der Waals surface area (Å²) in [6.45, 7) is 12.7. The second-order valence-corrected chi connectivity index (χ2v) is 11.0. The predicted octanol–water partition coefficient (Wildman–Crippen LogP) is 5.72. The summed E-state index contributed by atoms with van der Waals surface area (Å²) < 4.78 is 5.92. The Labute approximate surface area is 170 Å². The Morgan fingerprint density at radius 2 is 1.82 bits per heavy atom. The second-order valence-electron chi connectivity index (χ2n) is 11.0. The van der Waals surface area contributed by atoms with Crippen molar-refractivity contribution < 1.29 is 14.3 Å². The summed E-state index contributed by atoms with van der Waals surface area (Å²) in [7, 11) is 0. The third-order valence-corrected chi connectivity index (χ3v) is 10.3. The van der Waals surface area contributed by atoms with Crippen LogP contribution in [0.3, 0.4) is 0 Å². The average Bonchev–Trinajstić information content (AvgIpc) is 2.83. The summed E-state index contributed by atoms with van der Waals surface area (Å²) in [5.41, 5.74) is 1.39. The first kappa shape index (κ1) is 20.2. The van der Waals surface area contributed by atoms with Crippen molar-refractivity contribution in [3.63, 3.8) is 0 Å². The molecule has 156 valence electrons. The number of fused-ring (bicyclic) bond motifs is 5. The van der Waals surface area contributed by atoms with Gasteiger partial charge < -0.3 is 4.74 Å². The molecule has 0 aromatic rings. The lowest BCUT2D eigenvalue weighted by Gasteiger charge is -2.60. The summed E-state index contributed by atoms with van der Waals surface area (Å²) in [5.74, 6) is 2.42. The van der Waals surface area contributed by atoms with Crippen LogP contribution in [0.15, 0.2) is 11.6 Å². The molecule has 0 amide bonds. The summed E-state index contributed by atoms with van der Waals surface area (Å²) in [5, 5.41) is 0. The minimum absolute atomic E-state index is 0.0140. The predicted molar refractivity (Wildman–Crippen MR) is 111 cm³/mol. The SMILES string of the molecule is CC(=O)O[C@H]1CCCC2=CC[C@@H]3[C@@H](CC[C@@]4(C)[C@H]3C[C@@H](C)[C@]4(C)C(C)=O)[C@]21C. The van der Waals surface area contributed by atoms with Crippen molar-refractivity contribution >= 4 is 11.8 Å². The van der Waals surface area contributed by atoms with E-state index in [0.717, 1.165) is 44.9 Å². The number of hydrogen-bond acceptors (Lipinski definition) is 3. The van der Waals surface area contributed by atoms with Gasteiger partial charge in [0.05, 0.1) is 0 Å². The normalized spacial score (nSPS) is 50.1. The Bertz CT molecular complexity index is 723. The van der Waals surface area contributed by atoms with Gasteiger partial charge >= 0.3 is 5.97 Å². The number of ketones is 1. The van der Waals surface area contributed by atoms with Gasteiger partial charge in [-0.3, -0.25) is 9.59 Å². The Morgan fingerprint density at radius 3 is 2.46 bits per heavy atom. The van der Waals surface area contributed by atoms with E-state index in [1.807, 2.05) is 6.92 Å². The van der Waals surface area contributed by atoms with Crippen LogP contribution in [0.5, 0.6) is 0 Å². The van der Waals surface area contributed by atoms with Crippen molar-refractivity contribution in [2.75, 3.05) is 0 Å². The van der Waals surface area contributed by atoms with Gasteiger partial charge in [-0.05, 0) is 81.0 Å². The van der Waals surface area contributed by atoms with Crippen molar-refractivity contribution in [1.82, 2.24) is 0 Å². The van der Waals surface area contributed by atoms with Gasteiger partial charge in [-0.15, -0.1) is 0 Å². The summed E-state index contributed by atoms with van der Waals surface area (Å²) in [6, 6.07) is 0. The molecule has 3 fully saturated rings. The van der Waals surface area contributed by atoms with Crippen LogP contribution in [0, 0.1) is 39.9 Å². The zero-order chi connectivity index (χ0) is 20.5. The Morgan fingerprint density at radius 1 is 1.11 bits per heavy atom.